The zero-order valence-electron chi connectivity index (χ0n) is 77.1. The Morgan fingerprint density at radius 3 is 0.977 bits per heavy atom. The molecule has 1 aromatic rings. The predicted octanol–water partition coefficient (Wildman–Crippen LogP) is 1.78. The molecule has 0 spiro atoms. The van der Waals surface area contributed by atoms with Crippen molar-refractivity contribution in [3.63, 3.8) is 0 Å². The summed E-state index contributed by atoms with van der Waals surface area (Å²) in [6.07, 6.45) is 2.96. The molecule has 1 heterocycles. The summed E-state index contributed by atoms with van der Waals surface area (Å²) in [4.78, 5) is 94.1. The Bertz CT molecular complexity index is 2850. The largest absolute Gasteiger partial charge is 0.460 e. The van der Waals surface area contributed by atoms with Crippen molar-refractivity contribution in [2.45, 2.75) is 77.3 Å². The Morgan fingerprint density at radius 2 is 0.672 bits per heavy atom. The van der Waals surface area contributed by atoms with Crippen LogP contribution in [0.2, 0.25) is 0 Å². The number of nitrogens with one attached hydrogen (secondary N) is 3. The normalized spacial score (nSPS) is 12.8. The van der Waals surface area contributed by atoms with Gasteiger partial charge in [-0.05, 0) is 62.8 Å². The molecular formula is C86H153N5O36S. The van der Waals surface area contributed by atoms with Crippen molar-refractivity contribution in [3.8, 4) is 0 Å². The Kier molecular flexibility index (Phi) is 80.8. The summed E-state index contributed by atoms with van der Waals surface area (Å²) < 4.78 is 158. The van der Waals surface area contributed by atoms with Crippen molar-refractivity contribution in [2.75, 3.05) is 390 Å². The highest BCUT2D eigenvalue weighted by Gasteiger charge is 2.31. The quantitative estimate of drug-likeness (QED) is 0.0237. The fourth-order valence-electron chi connectivity index (χ4n) is 10.4. The molecule has 42 heteroatoms. The number of amides is 6. The highest BCUT2D eigenvalue weighted by atomic mass is 32.1. The van der Waals surface area contributed by atoms with Crippen molar-refractivity contribution >= 4 is 59.7 Å². The molecule has 41 nitrogen and oxygen atoms in total. The third kappa shape index (κ3) is 72.2. The molecule has 6 amide bonds. The SMILES string of the molecule is COCCOCCOCCOCCOCCOCCOCCOCCOCCOCCOCCN(CCC(=O)N[C@H](C(=O)N[C@@H](C)C(=O)Nc1ccc(COC(=O)C(C)(C)S)c(CCCOCCOCCOCCOCCOCCOCCOCCOCCOCCOCOCCOCCOCCOCCOCCOCCOC)c1)C(C)C)C(=O)CN1C(=O)C=CC1=O. The van der Waals surface area contributed by atoms with Gasteiger partial charge in [-0.3, -0.25) is 38.5 Å². The van der Waals surface area contributed by atoms with Crippen LogP contribution in [0.3, 0.4) is 0 Å². The lowest BCUT2D eigenvalue weighted by Crippen LogP contribution is -2.54. The highest BCUT2D eigenvalue weighted by Crippen LogP contribution is 2.22. The predicted molar refractivity (Wildman–Crippen MR) is 468 cm³/mol. The first-order valence-electron chi connectivity index (χ1n) is 44.2. The minimum absolute atomic E-state index is 0.00234. The van der Waals surface area contributed by atoms with Crippen LogP contribution in [0.1, 0.15) is 58.6 Å². The van der Waals surface area contributed by atoms with Gasteiger partial charge in [-0.25, -0.2) is 0 Å². The van der Waals surface area contributed by atoms with Crippen LogP contribution >= 0.6 is 12.6 Å². The van der Waals surface area contributed by atoms with E-state index in [9.17, 15) is 33.6 Å². The number of methoxy groups -OCH3 is 2. The second kappa shape index (κ2) is 87.0. The summed E-state index contributed by atoms with van der Waals surface area (Å²) in [6, 6.07) is 3.03. The lowest BCUT2D eigenvalue weighted by molar-refractivity contribution is -0.147. The number of ether oxygens (including phenoxy) is 29. The first-order chi connectivity index (χ1) is 62.5. The van der Waals surface area contributed by atoms with Gasteiger partial charge in [0.1, 0.15) is 36.8 Å². The molecule has 1 aliphatic rings. The van der Waals surface area contributed by atoms with Gasteiger partial charge >= 0.3 is 5.97 Å². The van der Waals surface area contributed by atoms with E-state index in [2.05, 4.69) is 28.6 Å². The highest BCUT2D eigenvalue weighted by molar-refractivity contribution is 7.82. The molecular weight excluding hydrogens is 1710 g/mol. The maximum absolute atomic E-state index is 13.8. The Hall–Kier alpha value is -5.32. The van der Waals surface area contributed by atoms with E-state index in [4.69, 9.17) is 137 Å². The molecule has 0 radical (unpaired) electrons. The number of aryl methyl sites for hydroxylation is 1. The van der Waals surface area contributed by atoms with Gasteiger partial charge in [0.2, 0.25) is 23.6 Å². The molecule has 0 fully saturated rings. The smallest absolute Gasteiger partial charge is 0.321 e. The van der Waals surface area contributed by atoms with E-state index in [0.29, 0.717) is 348 Å². The lowest BCUT2D eigenvalue weighted by atomic mass is 10.0. The summed E-state index contributed by atoms with van der Waals surface area (Å²) >= 11 is 4.35. The van der Waals surface area contributed by atoms with E-state index in [-0.39, 0.29) is 52.7 Å². The topological polar surface area (TPSA) is 430 Å². The van der Waals surface area contributed by atoms with E-state index in [1.165, 1.54) is 11.8 Å². The van der Waals surface area contributed by atoms with Crippen molar-refractivity contribution in [1.82, 2.24) is 20.4 Å². The number of imide groups is 1. The fraction of sp³-hybridized carbons (Fsp3) is 0.826. The number of hydrogen-bond acceptors (Lipinski definition) is 37. The van der Waals surface area contributed by atoms with Crippen molar-refractivity contribution in [3.05, 3.63) is 41.5 Å². The van der Waals surface area contributed by atoms with E-state index < -0.39 is 70.7 Å². The molecule has 0 unspecified atom stereocenters. The van der Waals surface area contributed by atoms with Crippen molar-refractivity contribution < 1.29 is 171 Å². The first kappa shape index (κ1) is 119. The number of carbonyl (C=O) groups is 7. The average molecular weight is 1870 g/mol. The summed E-state index contributed by atoms with van der Waals surface area (Å²) in [5.41, 5.74) is 1.92. The maximum atomic E-state index is 13.8. The van der Waals surface area contributed by atoms with E-state index in [1.54, 1.807) is 60.1 Å². The summed E-state index contributed by atoms with van der Waals surface area (Å²) in [5.74, 6) is -4.59. The number of nitrogens with zero attached hydrogens (tertiary/aromatic N) is 2. The number of thiol groups is 1. The summed E-state index contributed by atoms with van der Waals surface area (Å²) in [6.45, 7) is 29.8. The number of carbonyl (C=O) groups excluding carboxylic acids is 7. The second-order valence-corrected chi connectivity index (χ2v) is 29.7. The van der Waals surface area contributed by atoms with Crippen molar-refractivity contribution in [1.29, 1.82) is 0 Å². The molecule has 0 aromatic heterocycles. The first-order valence-corrected chi connectivity index (χ1v) is 44.6. The maximum Gasteiger partial charge on any atom is 0.321 e. The van der Waals surface area contributed by atoms with Crippen LogP contribution in [-0.2, 0) is 184 Å². The number of esters is 1. The van der Waals surface area contributed by atoms with Crippen LogP contribution in [0.5, 0.6) is 0 Å². The molecule has 2 rings (SSSR count). The monoisotopic (exact) mass is 1860 g/mol. The molecule has 0 aliphatic carbocycles. The minimum Gasteiger partial charge on any atom is -0.460 e. The Labute approximate surface area is 762 Å². The van der Waals surface area contributed by atoms with Gasteiger partial charge in [0.15, 0.2) is 0 Å². The van der Waals surface area contributed by atoms with Crippen LogP contribution in [0.15, 0.2) is 30.4 Å². The van der Waals surface area contributed by atoms with Gasteiger partial charge < -0.3 is 158 Å². The summed E-state index contributed by atoms with van der Waals surface area (Å²) in [7, 11) is 3.26. The van der Waals surface area contributed by atoms with Gasteiger partial charge in [-0.15, -0.1) is 0 Å². The molecule has 0 bridgehead atoms. The van der Waals surface area contributed by atoms with Gasteiger partial charge in [0, 0.05) is 58.2 Å². The number of hydrogen-bond donors (Lipinski definition) is 4. The van der Waals surface area contributed by atoms with Crippen molar-refractivity contribution in [2.24, 2.45) is 5.92 Å². The third-order valence-corrected chi connectivity index (χ3v) is 17.5. The Morgan fingerprint density at radius 1 is 0.375 bits per heavy atom. The number of anilines is 1. The van der Waals surface area contributed by atoms with Crippen LogP contribution < -0.4 is 16.0 Å². The van der Waals surface area contributed by atoms with Crippen LogP contribution in [-0.4, -0.2) is 452 Å². The number of rotatable bonds is 98. The average Bonchev–Trinajstić information content (AvgIpc) is 1.31. The molecule has 744 valence electrons. The zero-order valence-corrected chi connectivity index (χ0v) is 78.0. The van der Waals surface area contributed by atoms with Crippen LogP contribution in [0.4, 0.5) is 5.69 Å². The standard InChI is InChI=1S/C86H153N5O36S/c1-73(2)82(89-78(92)14-15-90(81(95)70-91-79(93)12-13-80(91)94)16-18-102-24-26-106-32-34-110-40-42-114-46-48-117-51-52-118-50-49-115-44-43-111-37-35-107-29-27-103-21-19-99-6)84(97)87-74(3)83(96)88-77-11-10-76(71-127-85(98)86(4,5)128)75(69-77)9-8-17-101-23-25-105-31-33-109-39-41-113-45-47-116-53-54-119-55-56-120-58-60-122-62-64-124-66-68-126-72-125-67-65-123-63-61-121-59-57-112-38-36-108-30-28-104-22-20-100-7/h10-13,69,73-74,82,128H,8-9,14-68,70-72H2,1-7H3,(H,87,97)(H,88,96)(H,89,92)/t74-,82-/m0/s1. The second-order valence-electron chi connectivity index (χ2n) is 28.6. The van der Waals surface area contributed by atoms with Gasteiger partial charge in [0.25, 0.3) is 11.8 Å². The van der Waals surface area contributed by atoms with Crippen LogP contribution in [0.25, 0.3) is 0 Å². The van der Waals surface area contributed by atoms with E-state index in [0.717, 1.165) is 22.6 Å². The van der Waals surface area contributed by atoms with Crippen LogP contribution in [0, 0.1) is 5.92 Å². The molecule has 3 N–H and O–H groups in total. The number of benzene rings is 1. The molecule has 1 aliphatic heterocycles. The molecule has 128 heavy (non-hydrogen) atoms. The molecule has 2 atom stereocenters. The van der Waals surface area contributed by atoms with Gasteiger partial charge in [0.05, 0.1) is 337 Å². The van der Waals surface area contributed by atoms with Gasteiger partial charge in [-0.1, -0.05) is 19.9 Å². The van der Waals surface area contributed by atoms with Gasteiger partial charge in [-0.2, -0.15) is 12.6 Å². The third-order valence-electron chi connectivity index (χ3n) is 17.3. The zero-order chi connectivity index (χ0) is 92.7. The molecule has 1 aromatic carbocycles. The van der Waals surface area contributed by atoms with E-state index in [1.807, 2.05) is 0 Å². The molecule has 0 saturated carbocycles. The minimum atomic E-state index is -1.08. The lowest BCUT2D eigenvalue weighted by Gasteiger charge is -2.26. The summed E-state index contributed by atoms with van der Waals surface area (Å²) in [5, 5.41) is 8.30. The molecule has 0 saturated heterocycles. The van der Waals surface area contributed by atoms with E-state index >= 15 is 0 Å². The Balaban J connectivity index is 1.54. The fourth-order valence-corrected chi connectivity index (χ4v) is 10.4.